The predicted molar refractivity (Wildman–Crippen MR) is 104 cm³/mol. The maximum Gasteiger partial charge on any atom is 0.321 e. The van der Waals surface area contributed by atoms with Gasteiger partial charge in [0, 0.05) is 43.2 Å². The number of benzene rings is 2. The first-order valence-electron chi connectivity index (χ1n) is 8.44. The maximum atomic E-state index is 13.0. The van der Waals surface area contributed by atoms with Gasteiger partial charge in [0.15, 0.2) is 0 Å². The van der Waals surface area contributed by atoms with Crippen LogP contribution in [-0.4, -0.2) is 51.8 Å². The molecule has 1 saturated heterocycles. The highest BCUT2D eigenvalue weighted by Crippen LogP contribution is 2.18. The van der Waals surface area contributed by atoms with Crippen LogP contribution in [0.2, 0.25) is 0 Å². The lowest BCUT2D eigenvalue weighted by molar-refractivity contribution is 0.208. The summed E-state index contributed by atoms with van der Waals surface area (Å²) in [5, 5.41) is 2.81. The van der Waals surface area contributed by atoms with Gasteiger partial charge in [-0.3, -0.25) is 4.72 Å². The molecule has 144 valence electrons. The highest BCUT2D eigenvalue weighted by atomic mass is 32.2. The molecule has 1 heterocycles. The number of carbonyl (C=O) groups is 1. The molecule has 0 aromatic heterocycles. The third-order valence-corrected chi connectivity index (χ3v) is 4.80. The number of urea groups is 1. The molecule has 1 aliphatic heterocycles. The van der Waals surface area contributed by atoms with Crippen LogP contribution in [0, 0.1) is 5.82 Å². The Bertz CT molecular complexity index is 893. The molecular formula is C18H21FN4O3S. The van der Waals surface area contributed by atoms with Gasteiger partial charge < -0.3 is 15.1 Å². The third kappa shape index (κ3) is 5.33. The summed E-state index contributed by atoms with van der Waals surface area (Å²) in [5.74, 6) is -0.269. The smallest absolute Gasteiger partial charge is 0.321 e. The number of halogens is 1. The van der Waals surface area contributed by atoms with E-state index in [1.165, 1.54) is 12.1 Å². The molecule has 3 rings (SSSR count). The van der Waals surface area contributed by atoms with Gasteiger partial charge in [0.1, 0.15) is 5.82 Å². The van der Waals surface area contributed by atoms with Crippen molar-refractivity contribution in [2.24, 2.45) is 0 Å². The predicted octanol–water partition coefficient (Wildman–Crippen LogP) is 2.55. The lowest BCUT2D eigenvalue weighted by atomic mass is 10.2. The van der Waals surface area contributed by atoms with Crippen LogP contribution in [-0.2, 0) is 10.0 Å². The van der Waals surface area contributed by atoms with E-state index in [1.807, 2.05) is 0 Å². The van der Waals surface area contributed by atoms with E-state index in [2.05, 4.69) is 14.9 Å². The molecule has 2 aromatic rings. The van der Waals surface area contributed by atoms with E-state index in [-0.39, 0.29) is 11.8 Å². The molecule has 0 atom stereocenters. The van der Waals surface area contributed by atoms with Gasteiger partial charge in [0.05, 0.1) is 6.26 Å². The standard InChI is InChI=1S/C18H21FN4O3S/c1-27(25,26)21-16-6-4-15(5-7-16)20-18(24)23-12-10-22(11-13-23)17-8-2-14(19)3-9-17/h2-9,21H,10-13H2,1H3,(H,20,24). The molecule has 1 fully saturated rings. The minimum Gasteiger partial charge on any atom is -0.368 e. The third-order valence-electron chi connectivity index (χ3n) is 4.20. The Morgan fingerprint density at radius 3 is 2.04 bits per heavy atom. The average molecular weight is 392 g/mol. The Labute approximate surface area is 157 Å². The molecule has 27 heavy (non-hydrogen) atoms. The first kappa shape index (κ1) is 19.0. The number of rotatable bonds is 4. The van der Waals surface area contributed by atoms with Gasteiger partial charge in [-0.25, -0.2) is 17.6 Å². The number of hydrogen-bond acceptors (Lipinski definition) is 4. The van der Waals surface area contributed by atoms with Gasteiger partial charge in [0.2, 0.25) is 10.0 Å². The maximum absolute atomic E-state index is 13.0. The van der Waals surface area contributed by atoms with E-state index in [0.717, 1.165) is 11.9 Å². The summed E-state index contributed by atoms with van der Waals surface area (Å²) < 4.78 is 37.8. The number of carbonyl (C=O) groups excluding carboxylic acids is 1. The van der Waals surface area contributed by atoms with Gasteiger partial charge in [-0.1, -0.05) is 0 Å². The van der Waals surface area contributed by atoms with Gasteiger partial charge >= 0.3 is 6.03 Å². The number of nitrogens with zero attached hydrogens (tertiary/aromatic N) is 2. The fourth-order valence-electron chi connectivity index (χ4n) is 2.86. The molecule has 0 radical (unpaired) electrons. The average Bonchev–Trinajstić information content (AvgIpc) is 2.63. The van der Waals surface area contributed by atoms with Gasteiger partial charge in [0.25, 0.3) is 0 Å². The molecule has 7 nitrogen and oxygen atoms in total. The van der Waals surface area contributed by atoms with Crippen LogP contribution in [0.3, 0.4) is 0 Å². The van der Waals surface area contributed by atoms with Crippen molar-refractivity contribution < 1.29 is 17.6 Å². The van der Waals surface area contributed by atoms with Crippen LogP contribution in [0.4, 0.5) is 26.2 Å². The molecule has 0 saturated carbocycles. The Morgan fingerprint density at radius 1 is 0.926 bits per heavy atom. The lowest BCUT2D eigenvalue weighted by Crippen LogP contribution is -2.50. The highest BCUT2D eigenvalue weighted by molar-refractivity contribution is 7.92. The van der Waals surface area contributed by atoms with Crippen molar-refractivity contribution in [3.8, 4) is 0 Å². The minimum absolute atomic E-state index is 0.211. The monoisotopic (exact) mass is 392 g/mol. The number of hydrogen-bond donors (Lipinski definition) is 2. The van der Waals surface area contributed by atoms with E-state index in [4.69, 9.17) is 0 Å². The normalized spacial score (nSPS) is 14.7. The van der Waals surface area contributed by atoms with Crippen molar-refractivity contribution in [1.82, 2.24) is 4.90 Å². The van der Waals surface area contributed by atoms with Gasteiger partial charge in [-0.15, -0.1) is 0 Å². The van der Waals surface area contributed by atoms with Crippen LogP contribution >= 0.6 is 0 Å². The van der Waals surface area contributed by atoms with E-state index < -0.39 is 10.0 Å². The van der Waals surface area contributed by atoms with Gasteiger partial charge in [-0.05, 0) is 48.5 Å². The summed E-state index contributed by atoms with van der Waals surface area (Å²) in [6.07, 6.45) is 1.08. The van der Waals surface area contributed by atoms with Crippen molar-refractivity contribution in [3.05, 3.63) is 54.3 Å². The SMILES string of the molecule is CS(=O)(=O)Nc1ccc(NC(=O)N2CCN(c3ccc(F)cc3)CC2)cc1. The zero-order chi connectivity index (χ0) is 19.4. The highest BCUT2D eigenvalue weighted by Gasteiger charge is 2.21. The van der Waals surface area contributed by atoms with E-state index >= 15 is 0 Å². The summed E-state index contributed by atoms with van der Waals surface area (Å²) in [5.41, 5.74) is 1.95. The number of anilines is 3. The van der Waals surface area contributed by atoms with Crippen molar-refractivity contribution in [2.45, 2.75) is 0 Å². The summed E-state index contributed by atoms with van der Waals surface area (Å²) >= 11 is 0. The minimum atomic E-state index is -3.33. The van der Waals surface area contributed by atoms with Crippen molar-refractivity contribution in [3.63, 3.8) is 0 Å². The first-order chi connectivity index (χ1) is 12.8. The van der Waals surface area contributed by atoms with E-state index in [9.17, 15) is 17.6 Å². The molecule has 2 N–H and O–H groups in total. The zero-order valence-corrected chi connectivity index (χ0v) is 15.7. The van der Waals surface area contributed by atoms with Crippen LogP contribution in [0.5, 0.6) is 0 Å². The molecule has 2 aromatic carbocycles. The molecule has 0 spiro atoms. The topological polar surface area (TPSA) is 81.8 Å². The number of amides is 2. The Morgan fingerprint density at radius 2 is 1.48 bits per heavy atom. The second-order valence-electron chi connectivity index (χ2n) is 6.33. The summed E-state index contributed by atoms with van der Waals surface area (Å²) in [6, 6.07) is 12.6. The molecule has 1 aliphatic rings. The Balaban J connectivity index is 1.53. The summed E-state index contributed by atoms with van der Waals surface area (Å²) in [4.78, 5) is 16.2. The summed E-state index contributed by atoms with van der Waals surface area (Å²) in [6.45, 7) is 2.43. The van der Waals surface area contributed by atoms with E-state index in [1.54, 1.807) is 41.3 Å². The van der Waals surface area contributed by atoms with Gasteiger partial charge in [-0.2, -0.15) is 0 Å². The van der Waals surface area contributed by atoms with Crippen LogP contribution in [0.25, 0.3) is 0 Å². The Kier molecular flexibility index (Phi) is 5.50. The summed E-state index contributed by atoms with van der Waals surface area (Å²) in [7, 11) is -3.33. The number of nitrogens with one attached hydrogen (secondary N) is 2. The fourth-order valence-corrected chi connectivity index (χ4v) is 3.42. The molecule has 9 heteroatoms. The fraction of sp³-hybridized carbons (Fsp3) is 0.278. The zero-order valence-electron chi connectivity index (χ0n) is 14.9. The first-order valence-corrected chi connectivity index (χ1v) is 10.3. The van der Waals surface area contributed by atoms with Crippen molar-refractivity contribution >= 4 is 33.1 Å². The second-order valence-corrected chi connectivity index (χ2v) is 8.08. The van der Waals surface area contributed by atoms with Crippen molar-refractivity contribution in [2.75, 3.05) is 47.4 Å². The quantitative estimate of drug-likeness (QED) is 0.838. The van der Waals surface area contributed by atoms with Crippen LogP contribution in [0.15, 0.2) is 48.5 Å². The van der Waals surface area contributed by atoms with Crippen LogP contribution in [0.1, 0.15) is 0 Å². The largest absolute Gasteiger partial charge is 0.368 e. The second kappa shape index (κ2) is 7.83. The van der Waals surface area contributed by atoms with E-state index in [0.29, 0.717) is 37.6 Å². The van der Waals surface area contributed by atoms with Crippen LogP contribution < -0.4 is 14.9 Å². The lowest BCUT2D eigenvalue weighted by Gasteiger charge is -2.36. The molecule has 0 aliphatic carbocycles. The molecular weight excluding hydrogens is 371 g/mol. The molecule has 2 amide bonds. The number of piperazine rings is 1. The Hall–Kier alpha value is -2.81. The molecule has 0 bridgehead atoms. The molecule has 0 unspecified atom stereocenters. The number of sulfonamides is 1. The van der Waals surface area contributed by atoms with Crippen molar-refractivity contribution in [1.29, 1.82) is 0 Å².